The molecule has 1 aliphatic heterocycles. The van der Waals surface area contributed by atoms with Crippen LogP contribution in [0.1, 0.15) is 24.0 Å². The van der Waals surface area contributed by atoms with Crippen LogP contribution in [0.4, 0.5) is 0 Å². The Bertz CT molecular complexity index is 804. The van der Waals surface area contributed by atoms with E-state index in [0.29, 0.717) is 25.6 Å². The van der Waals surface area contributed by atoms with E-state index >= 15 is 0 Å². The molecule has 164 valence electrons. The Morgan fingerprint density at radius 3 is 2.73 bits per heavy atom. The second-order valence-corrected chi connectivity index (χ2v) is 7.29. The fourth-order valence-corrected chi connectivity index (χ4v) is 3.11. The van der Waals surface area contributed by atoms with Gasteiger partial charge in [0.2, 0.25) is 5.91 Å². The van der Waals surface area contributed by atoms with E-state index in [4.69, 9.17) is 9.73 Å². The Balaban J connectivity index is 0.00000320. The predicted molar refractivity (Wildman–Crippen MR) is 128 cm³/mol. The molecule has 3 rings (SSSR count). The van der Waals surface area contributed by atoms with Gasteiger partial charge in [0.25, 0.3) is 0 Å². The van der Waals surface area contributed by atoms with Crippen LogP contribution in [0.15, 0.2) is 47.7 Å². The summed E-state index contributed by atoms with van der Waals surface area (Å²) in [6.07, 6.45) is 6.05. The lowest BCUT2D eigenvalue weighted by molar-refractivity contribution is -0.127. The number of aliphatic imine (C=N–C) groups is 1. The normalized spacial score (nSPS) is 16.1. The molecule has 8 nitrogen and oxygen atoms in total. The number of carbonyl (C=O) groups excluding carboxylic acids is 1. The van der Waals surface area contributed by atoms with Gasteiger partial charge < -0.3 is 20.3 Å². The van der Waals surface area contributed by atoms with E-state index in [0.717, 1.165) is 25.0 Å². The van der Waals surface area contributed by atoms with Crippen LogP contribution in [0.2, 0.25) is 0 Å². The summed E-state index contributed by atoms with van der Waals surface area (Å²) in [5.74, 6) is 0.611. The molecule has 9 heteroatoms. The Morgan fingerprint density at radius 1 is 1.27 bits per heavy atom. The fraction of sp³-hybridized carbons (Fsp3) is 0.476. The number of halogens is 1. The third-order valence-corrected chi connectivity index (χ3v) is 4.84. The van der Waals surface area contributed by atoms with Crippen LogP contribution in [0, 0.1) is 0 Å². The number of carbonyl (C=O) groups is 1. The molecule has 0 aliphatic carbocycles. The van der Waals surface area contributed by atoms with Crippen molar-refractivity contribution in [2.75, 3.05) is 33.8 Å². The highest BCUT2D eigenvalue weighted by molar-refractivity contribution is 14.0. The van der Waals surface area contributed by atoms with Gasteiger partial charge in [0, 0.05) is 39.6 Å². The number of guanidine groups is 1. The van der Waals surface area contributed by atoms with Gasteiger partial charge in [-0.15, -0.1) is 24.0 Å². The molecule has 2 aromatic rings. The lowest BCUT2D eigenvalue weighted by Crippen LogP contribution is -2.45. The van der Waals surface area contributed by atoms with Crippen molar-refractivity contribution >= 4 is 35.8 Å². The first-order chi connectivity index (χ1) is 14.1. The number of nitrogens with one attached hydrogen (secondary N) is 2. The summed E-state index contributed by atoms with van der Waals surface area (Å²) < 4.78 is 7.57. The van der Waals surface area contributed by atoms with Gasteiger partial charge in [0.05, 0.1) is 25.7 Å². The second kappa shape index (κ2) is 12.5. The van der Waals surface area contributed by atoms with Gasteiger partial charge in [-0.25, -0.2) is 4.99 Å². The summed E-state index contributed by atoms with van der Waals surface area (Å²) in [5.41, 5.74) is 2.29. The Hall–Kier alpha value is -2.14. The molecule has 1 aromatic heterocycles. The van der Waals surface area contributed by atoms with Gasteiger partial charge in [-0.3, -0.25) is 9.48 Å². The minimum atomic E-state index is -0.00398. The van der Waals surface area contributed by atoms with Crippen LogP contribution < -0.4 is 10.6 Å². The standard InChI is InChI=1S/C21H30N6O2.HI/c1-26(2)20(28)15-24-21(23-14-19-9-5-12-29-19)22-13-17-7-3-4-8-18(17)16-27-11-6-10-25-27;/h3-4,6-8,10-11,19H,5,9,12-16H2,1-2H3,(H2,22,23,24);1H. The molecule has 1 amide bonds. The van der Waals surface area contributed by atoms with Crippen molar-refractivity contribution in [1.82, 2.24) is 25.3 Å². The minimum Gasteiger partial charge on any atom is -0.376 e. The van der Waals surface area contributed by atoms with Crippen LogP contribution in [-0.2, 0) is 22.6 Å². The molecule has 1 atom stereocenters. The summed E-state index contributed by atoms with van der Waals surface area (Å²) >= 11 is 0. The first-order valence-corrected chi connectivity index (χ1v) is 10.00. The van der Waals surface area contributed by atoms with Gasteiger partial charge in [0.1, 0.15) is 0 Å². The smallest absolute Gasteiger partial charge is 0.241 e. The van der Waals surface area contributed by atoms with E-state index < -0.39 is 0 Å². The maximum atomic E-state index is 12.0. The summed E-state index contributed by atoms with van der Waals surface area (Å²) in [4.78, 5) is 18.2. The number of likely N-dealkylation sites (N-methyl/N-ethyl adjacent to an activating group) is 1. The fourth-order valence-electron chi connectivity index (χ4n) is 3.11. The maximum absolute atomic E-state index is 12.0. The highest BCUT2D eigenvalue weighted by Gasteiger charge is 2.16. The summed E-state index contributed by atoms with van der Waals surface area (Å²) in [5, 5.41) is 10.7. The number of nitrogens with zero attached hydrogens (tertiary/aromatic N) is 4. The van der Waals surface area contributed by atoms with Crippen molar-refractivity contribution in [2.45, 2.75) is 32.0 Å². The Kier molecular flexibility index (Phi) is 10.1. The van der Waals surface area contributed by atoms with Gasteiger partial charge in [0.15, 0.2) is 5.96 Å². The average molecular weight is 526 g/mol. The first kappa shape index (κ1) is 24.1. The van der Waals surface area contributed by atoms with Gasteiger partial charge in [-0.2, -0.15) is 5.10 Å². The van der Waals surface area contributed by atoms with E-state index in [1.54, 1.807) is 25.2 Å². The van der Waals surface area contributed by atoms with E-state index in [2.05, 4.69) is 27.9 Å². The highest BCUT2D eigenvalue weighted by Crippen LogP contribution is 2.12. The molecule has 0 saturated carbocycles. The summed E-state index contributed by atoms with van der Waals surface area (Å²) in [6.45, 7) is 2.89. The third kappa shape index (κ3) is 7.60. The topological polar surface area (TPSA) is 83.8 Å². The zero-order chi connectivity index (χ0) is 20.5. The molecular formula is C21H31IN6O2. The number of aromatic nitrogens is 2. The third-order valence-electron chi connectivity index (χ3n) is 4.84. The summed E-state index contributed by atoms with van der Waals surface area (Å²) in [7, 11) is 3.48. The lowest BCUT2D eigenvalue weighted by Gasteiger charge is -2.17. The van der Waals surface area contributed by atoms with Crippen LogP contribution in [0.3, 0.4) is 0 Å². The van der Waals surface area contributed by atoms with Crippen molar-refractivity contribution in [1.29, 1.82) is 0 Å². The summed E-state index contributed by atoms with van der Waals surface area (Å²) in [6, 6.07) is 10.1. The maximum Gasteiger partial charge on any atom is 0.241 e. The van der Waals surface area contributed by atoms with Crippen LogP contribution in [-0.4, -0.2) is 66.4 Å². The van der Waals surface area contributed by atoms with Crippen molar-refractivity contribution in [2.24, 2.45) is 4.99 Å². The van der Waals surface area contributed by atoms with Gasteiger partial charge in [-0.1, -0.05) is 24.3 Å². The molecule has 0 radical (unpaired) electrons. The molecule has 1 unspecified atom stereocenters. The Morgan fingerprint density at radius 2 is 2.07 bits per heavy atom. The van der Waals surface area contributed by atoms with E-state index in [1.165, 1.54) is 5.56 Å². The molecular weight excluding hydrogens is 495 g/mol. The molecule has 2 N–H and O–H groups in total. The molecule has 2 heterocycles. The number of rotatable bonds is 8. The number of benzene rings is 1. The minimum absolute atomic E-state index is 0. The highest BCUT2D eigenvalue weighted by atomic mass is 127. The largest absolute Gasteiger partial charge is 0.376 e. The van der Waals surface area contributed by atoms with Gasteiger partial charge in [-0.05, 0) is 30.0 Å². The van der Waals surface area contributed by atoms with Crippen molar-refractivity contribution in [3.8, 4) is 0 Å². The molecule has 1 aliphatic rings. The monoisotopic (exact) mass is 526 g/mol. The van der Waals surface area contributed by atoms with E-state index in [9.17, 15) is 4.79 Å². The van der Waals surface area contributed by atoms with E-state index in [-0.39, 0.29) is 42.5 Å². The number of hydrogen-bond acceptors (Lipinski definition) is 4. The lowest BCUT2D eigenvalue weighted by atomic mass is 10.1. The quantitative estimate of drug-likeness (QED) is 0.312. The molecule has 1 aromatic carbocycles. The average Bonchev–Trinajstić information content (AvgIpc) is 3.42. The SMILES string of the molecule is CN(C)C(=O)CNC(=NCc1ccccc1Cn1cccn1)NCC1CCCO1.I. The van der Waals surface area contributed by atoms with E-state index in [1.807, 2.05) is 29.1 Å². The zero-order valence-electron chi connectivity index (χ0n) is 17.6. The molecule has 1 saturated heterocycles. The Labute approximate surface area is 195 Å². The first-order valence-electron chi connectivity index (χ1n) is 10.00. The zero-order valence-corrected chi connectivity index (χ0v) is 19.9. The molecule has 0 bridgehead atoms. The number of ether oxygens (including phenoxy) is 1. The predicted octanol–water partition coefficient (Wildman–Crippen LogP) is 1.85. The van der Waals surface area contributed by atoms with Gasteiger partial charge >= 0.3 is 0 Å². The van der Waals surface area contributed by atoms with Crippen molar-refractivity contribution < 1.29 is 9.53 Å². The van der Waals surface area contributed by atoms with Crippen LogP contribution >= 0.6 is 24.0 Å². The van der Waals surface area contributed by atoms with Crippen molar-refractivity contribution in [3.63, 3.8) is 0 Å². The van der Waals surface area contributed by atoms with Crippen LogP contribution in [0.5, 0.6) is 0 Å². The molecule has 0 spiro atoms. The number of amides is 1. The number of hydrogen-bond donors (Lipinski definition) is 2. The molecule has 30 heavy (non-hydrogen) atoms. The van der Waals surface area contributed by atoms with Crippen LogP contribution in [0.25, 0.3) is 0 Å². The van der Waals surface area contributed by atoms with Crippen molar-refractivity contribution in [3.05, 3.63) is 53.9 Å². The molecule has 1 fully saturated rings. The second-order valence-electron chi connectivity index (χ2n) is 7.29.